The van der Waals surface area contributed by atoms with Crippen molar-refractivity contribution in [2.24, 2.45) is 0 Å². The predicted octanol–water partition coefficient (Wildman–Crippen LogP) is 4.83. The Labute approximate surface area is 190 Å². The fourth-order valence-electron chi connectivity index (χ4n) is 4.11. The van der Waals surface area contributed by atoms with Gasteiger partial charge in [0.2, 0.25) is 0 Å². The molecule has 1 unspecified atom stereocenters. The number of carbonyl (C=O) groups is 2. The molecule has 1 amide bonds. The molecule has 7 nitrogen and oxygen atoms in total. The van der Waals surface area contributed by atoms with Crippen molar-refractivity contribution in [2.45, 2.75) is 26.4 Å². The molecule has 0 aliphatic carbocycles. The summed E-state index contributed by atoms with van der Waals surface area (Å²) in [4.78, 5) is 38.5. The van der Waals surface area contributed by atoms with Crippen molar-refractivity contribution in [1.29, 1.82) is 0 Å². The lowest BCUT2D eigenvalue weighted by atomic mass is 9.93. The topological polar surface area (TPSA) is 101 Å². The van der Waals surface area contributed by atoms with Gasteiger partial charge in [0.25, 0.3) is 17.4 Å². The monoisotopic (exact) mass is 442 g/mol. The van der Waals surface area contributed by atoms with Gasteiger partial charge < -0.3 is 10.0 Å². The van der Waals surface area contributed by atoms with Crippen LogP contribution in [0.15, 0.2) is 78.4 Å². The number of nitro benzene ring substituents is 1. The van der Waals surface area contributed by atoms with Gasteiger partial charge in [0.1, 0.15) is 5.76 Å². The van der Waals surface area contributed by atoms with E-state index in [9.17, 15) is 24.8 Å². The molecule has 0 saturated carbocycles. The number of aryl methyl sites for hydroxylation is 2. The number of amides is 1. The van der Waals surface area contributed by atoms with Crippen LogP contribution in [0.2, 0.25) is 0 Å². The first-order chi connectivity index (χ1) is 15.8. The quantitative estimate of drug-likeness (QED) is 0.200. The molecule has 3 aromatic rings. The number of hydrogen-bond donors (Lipinski definition) is 1. The predicted molar refractivity (Wildman–Crippen MR) is 123 cm³/mol. The number of likely N-dealkylation sites (tertiary alicyclic amines) is 1. The Morgan fingerprint density at radius 3 is 2.42 bits per heavy atom. The summed E-state index contributed by atoms with van der Waals surface area (Å²) >= 11 is 0. The number of hydrogen-bond acceptors (Lipinski definition) is 5. The van der Waals surface area contributed by atoms with E-state index in [1.807, 2.05) is 49.4 Å². The van der Waals surface area contributed by atoms with E-state index in [1.165, 1.54) is 23.1 Å². The van der Waals surface area contributed by atoms with Gasteiger partial charge in [0.15, 0.2) is 0 Å². The Hall–Kier alpha value is -4.26. The SMILES string of the molecule is Cc1ccc(C)c(/C(O)=C2\C(=O)C(=O)N(Cc3ccccc3)C2c2cccc([N+](=O)[O-])c2)c1. The fraction of sp³-hybridized carbons (Fsp3) is 0.154. The second kappa shape index (κ2) is 8.70. The van der Waals surface area contributed by atoms with Gasteiger partial charge in [-0.3, -0.25) is 19.7 Å². The summed E-state index contributed by atoms with van der Waals surface area (Å²) in [5.41, 5.74) is 3.00. The second-order valence-electron chi connectivity index (χ2n) is 8.08. The zero-order valence-corrected chi connectivity index (χ0v) is 18.2. The average molecular weight is 442 g/mol. The summed E-state index contributed by atoms with van der Waals surface area (Å²) in [6, 6.07) is 19.5. The van der Waals surface area contributed by atoms with E-state index < -0.39 is 22.7 Å². The lowest BCUT2D eigenvalue weighted by Crippen LogP contribution is -2.29. The molecule has 4 rings (SSSR count). The Morgan fingerprint density at radius 2 is 1.73 bits per heavy atom. The standard InChI is InChI=1S/C26H22N2O5/c1-16-11-12-17(2)21(13-16)24(29)22-23(19-9-6-10-20(14-19)28(32)33)27(26(31)25(22)30)15-18-7-4-3-5-8-18/h3-14,23,29H,15H2,1-2H3/b24-22+. The lowest BCUT2D eigenvalue weighted by Gasteiger charge is -2.25. The Balaban J connectivity index is 1.93. The first-order valence-electron chi connectivity index (χ1n) is 10.4. The van der Waals surface area contributed by atoms with Crippen molar-refractivity contribution in [3.05, 3.63) is 116 Å². The summed E-state index contributed by atoms with van der Waals surface area (Å²) < 4.78 is 0. The minimum Gasteiger partial charge on any atom is -0.507 e. The third-order valence-corrected chi connectivity index (χ3v) is 5.78. The summed E-state index contributed by atoms with van der Waals surface area (Å²) in [7, 11) is 0. The van der Waals surface area contributed by atoms with Crippen molar-refractivity contribution in [1.82, 2.24) is 4.90 Å². The molecule has 0 aromatic heterocycles. The van der Waals surface area contributed by atoms with Crippen LogP contribution in [-0.2, 0) is 16.1 Å². The van der Waals surface area contributed by atoms with Crippen molar-refractivity contribution in [2.75, 3.05) is 0 Å². The van der Waals surface area contributed by atoms with Gasteiger partial charge in [-0.15, -0.1) is 0 Å². The molecule has 0 radical (unpaired) electrons. The number of Topliss-reactive ketones (excluding diaryl/α,β-unsaturated/α-hetero) is 1. The summed E-state index contributed by atoms with van der Waals surface area (Å²) in [6.45, 7) is 3.78. The third-order valence-electron chi connectivity index (χ3n) is 5.78. The minimum atomic E-state index is -0.968. The zero-order valence-electron chi connectivity index (χ0n) is 18.2. The van der Waals surface area contributed by atoms with Crippen molar-refractivity contribution in [3.8, 4) is 0 Å². The number of non-ortho nitro benzene ring substituents is 1. The van der Waals surface area contributed by atoms with E-state index in [4.69, 9.17) is 0 Å². The van der Waals surface area contributed by atoms with Crippen LogP contribution in [0.1, 0.15) is 33.9 Å². The van der Waals surface area contributed by atoms with Crippen molar-refractivity contribution >= 4 is 23.1 Å². The van der Waals surface area contributed by atoms with Gasteiger partial charge in [0, 0.05) is 24.2 Å². The molecule has 0 bridgehead atoms. The van der Waals surface area contributed by atoms with E-state index in [0.29, 0.717) is 11.1 Å². The van der Waals surface area contributed by atoms with Gasteiger partial charge in [-0.25, -0.2) is 0 Å². The third kappa shape index (κ3) is 4.13. The van der Waals surface area contributed by atoms with Crippen LogP contribution >= 0.6 is 0 Å². The molecule has 1 atom stereocenters. The highest BCUT2D eigenvalue weighted by Gasteiger charge is 2.46. The normalized spacial score (nSPS) is 17.4. The highest BCUT2D eigenvalue weighted by Crippen LogP contribution is 2.41. The molecule has 1 N–H and O–H groups in total. The molecule has 0 spiro atoms. The molecule has 7 heteroatoms. The summed E-state index contributed by atoms with van der Waals surface area (Å²) in [5.74, 6) is -1.87. The zero-order chi connectivity index (χ0) is 23.7. The maximum absolute atomic E-state index is 13.2. The van der Waals surface area contributed by atoms with Crippen LogP contribution in [0.25, 0.3) is 5.76 Å². The Kier molecular flexibility index (Phi) is 5.79. The number of aliphatic hydroxyl groups is 1. The van der Waals surface area contributed by atoms with Crippen molar-refractivity contribution < 1.29 is 19.6 Å². The molecular formula is C26H22N2O5. The van der Waals surface area contributed by atoms with Gasteiger partial charge >= 0.3 is 0 Å². The number of rotatable bonds is 5. The average Bonchev–Trinajstić information content (AvgIpc) is 3.06. The highest BCUT2D eigenvalue weighted by molar-refractivity contribution is 6.46. The lowest BCUT2D eigenvalue weighted by molar-refractivity contribution is -0.384. The number of ketones is 1. The molecule has 33 heavy (non-hydrogen) atoms. The first kappa shape index (κ1) is 22.0. The van der Waals surface area contributed by atoms with Gasteiger partial charge in [0.05, 0.1) is 16.5 Å². The molecule has 3 aromatic carbocycles. The van der Waals surface area contributed by atoms with E-state index in [2.05, 4.69) is 0 Å². The molecule has 1 saturated heterocycles. The molecule has 166 valence electrons. The number of aliphatic hydroxyl groups excluding tert-OH is 1. The highest BCUT2D eigenvalue weighted by atomic mass is 16.6. The number of nitrogens with zero attached hydrogens (tertiary/aromatic N) is 2. The van der Waals surface area contributed by atoms with Gasteiger partial charge in [-0.05, 0) is 36.6 Å². The van der Waals surface area contributed by atoms with E-state index in [-0.39, 0.29) is 23.6 Å². The van der Waals surface area contributed by atoms with Crippen LogP contribution in [0.4, 0.5) is 5.69 Å². The smallest absolute Gasteiger partial charge is 0.295 e. The van der Waals surface area contributed by atoms with Crippen LogP contribution < -0.4 is 0 Å². The molecule has 1 aliphatic rings. The molecular weight excluding hydrogens is 420 g/mol. The molecule has 1 fully saturated rings. The van der Waals surface area contributed by atoms with E-state index in [1.54, 1.807) is 19.1 Å². The molecule has 1 heterocycles. The van der Waals surface area contributed by atoms with Crippen LogP contribution in [-0.4, -0.2) is 26.6 Å². The van der Waals surface area contributed by atoms with Crippen LogP contribution in [0, 0.1) is 24.0 Å². The van der Waals surface area contributed by atoms with E-state index in [0.717, 1.165) is 16.7 Å². The van der Waals surface area contributed by atoms with Gasteiger partial charge in [-0.1, -0.05) is 60.2 Å². The minimum absolute atomic E-state index is 0.0786. The maximum Gasteiger partial charge on any atom is 0.295 e. The van der Waals surface area contributed by atoms with E-state index >= 15 is 0 Å². The Bertz CT molecular complexity index is 1300. The second-order valence-corrected chi connectivity index (χ2v) is 8.08. The fourth-order valence-corrected chi connectivity index (χ4v) is 4.11. The number of carbonyl (C=O) groups excluding carboxylic acids is 2. The largest absolute Gasteiger partial charge is 0.507 e. The first-order valence-corrected chi connectivity index (χ1v) is 10.4. The number of nitro groups is 1. The van der Waals surface area contributed by atoms with Crippen LogP contribution in [0.3, 0.4) is 0 Å². The maximum atomic E-state index is 13.2. The summed E-state index contributed by atoms with van der Waals surface area (Å²) in [5, 5.41) is 22.6. The van der Waals surface area contributed by atoms with Gasteiger partial charge in [-0.2, -0.15) is 0 Å². The Morgan fingerprint density at radius 1 is 1.00 bits per heavy atom. The molecule has 1 aliphatic heterocycles. The van der Waals surface area contributed by atoms with Crippen LogP contribution in [0.5, 0.6) is 0 Å². The number of benzene rings is 3. The van der Waals surface area contributed by atoms with Crippen molar-refractivity contribution in [3.63, 3.8) is 0 Å². The summed E-state index contributed by atoms with van der Waals surface area (Å²) in [6.07, 6.45) is 0.